The number of nitrogens with zero attached hydrogens (tertiary/aromatic N) is 6. The second kappa shape index (κ2) is 13.5. The smallest absolute Gasteiger partial charge is 0.238 e. The van der Waals surface area contributed by atoms with Crippen molar-refractivity contribution in [3.63, 3.8) is 0 Å². The highest BCUT2D eigenvalue weighted by Crippen LogP contribution is 2.42. The van der Waals surface area contributed by atoms with Crippen LogP contribution in [0.5, 0.6) is 0 Å². The van der Waals surface area contributed by atoms with Crippen LogP contribution in [-0.4, -0.2) is 24.1 Å². The minimum Gasteiger partial charge on any atom is -0.307 e. The fourth-order valence-electron chi connectivity index (χ4n) is 8.24. The van der Waals surface area contributed by atoms with Gasteiger partial charge >= 0.3 is 0 Å². The van der Waals surface area contributed by atoms with E-state index in [0.29, 0.717) is 17.6 Å². The van der Waals surface area contributed by atoms with Crippen LogP contribution in [0.15, 0.2) is 206 Å². The van der Waals surface area contributed by atoms with E-state index in [1.54, 1.807) is 0 Å². The third-order valence-electron chi connectivity index (χ3n) is 10.7. The molecule has 0 fully saturated rings. The minimum atomic E-state index is 0.535. The summed E-state index contributed by atoms with van der Waals surface area (Å²) in [6, 6.07) is 71.9. The Morgan fingerprint density at radius 3 is 1.35 bits per heavy atom. The largest absolute Gasteiger partial charge is 0.307 e. The van der Waals surface area contributed by atoms with Crippen molar-refractivity contribution in [2.45, 2.75) is 0 Å². The van der Waals surface area contributed by atoms with E-state index >= 15 is 0 Å². The van der Waals surface area contributed by atoms with Crippen molar-refractivity contribution in [3.05, 3.63) is 206 Å². The summed E-state index contributed by atoms with van der Waals surface area (Å²) in [6.45, 7) is 0. The molecule has 0 radical (unpaired) electrons. The van der Waals surface area contributed by atoms with Gasteiger partial charge in [0.05, 0.1) is 22.1 Å². The Bertz CT molecular complexity index is 3190. The molecule has 3 aromatic heterocycles. The summed E-state index contributed by atoms with van der Waals surface area (Å²) in [5, 5.41) is 4.81. The van der Waals surface area contributed by atoms with Gasteiger partial charge in [-0.1, -0.05) is 146 Å². The van der Waals surface area contributed by atoms with Crippen LogP contribution in [0.2, 0.25) is 0 Å². The molecule has 6 heteroatoms. The van der Waals surface area contributed by atoms with E-state index in [4.69, 9.17) is 15.0 Å². The van der Waals surface area contributed by atoms with Crippen LogP contribution in [0.1, 0.15) is 0 Å². The van der Waals surface area contributed by atoms with E-state index in [2.05, 4.69) is 154 Å². The van der Waals surface area contributed by atoms with Gasteiger partial charge in [0.1, 0.15) is 0 Å². The van der Waals surface area contributed by atoms with Crippen LogP contribution in [0.4, 0.5) is 17.3 Å². The number of rotatable bonds is 7. The zero-order chi connectivity index (χ0) is 37.7. The van der Waals surface area contributed by atoms with E-state index < -0.39 is 0 Å². The van der Waals surface area contributed by atoms with Crippen molar-refractivity contribution in [2.75, 3.05) is 4.90 Å². The third-order valence-corrected chi connectivity index (χ3v) is 10.7. The molecule has 0 saturated heterocycles. The first-order valence-electron chi connectivity index (χ1n) is 19.1. The summed E-state index contributed by atoms with van der Waals surface area (Å²) < 4.78 is 4.83. The quantitative estimate of drug-likeness (QED) is 0.164. The lowest BCUT2D eigenvalue weighted by Crippen LogP contribution is -2.15. The summed E-state index contributed by atoms with van der Waals surface area (Å²) in [4.78, 5) is 17.6. The van der Waals surface area contributed by atoms with Crippen LogP contribution in [0, 0.1) is 0 Å². The van der Waals surface area contributed by atoms with Crippen molar-refractivity contribution < 1.29 is 0 Å². The summed E-state index contributed by atoms with van der Waals surface area (Å²) in [6.07, 6.45) is 0. The molecule has 0 bridgehead atoms. The highest BCUT2D eigenvalue weighted by molar-refractivity contribution is 6.23. The first-order chi connectivity index (χ1) is 28.3. The summed E-state index contributed by atoms with van der Waals surface area (Å²) in [5.41, 5.74) is 10.5. The van der Waals surface area contributed by atoms with Gasteiger partial charge in [-0.2, -0.15) is 9.97 Å². The maximum Gasteiger partial charge on any atom is 0.238 e. The maximum atomic E-state index is 5.25. The predicted molar refractivity (Wildman–Crippen MR) is 234 cm³/mol. The van der Waals surface area contributed by atoms with Crippen molar-refractivity contribution in [3.8, 4) is 34.2 Å². The number of aromatic nitrogens is 5. The molecule has 0 saturated carbocycles. The van der Waals surface area contributed by atoms with Crippen LogP contribution in [-0.2, 0) is 0 Å². The Kier molecular flexibility index (Phi) is 7.71. The number of hydrogen-bond donors (Lipinski definition) is 0. The molecule has 0 aliphatic heterocycles. The second-order valence-corrected chi connectivity index (χ2v) is 14.1. The SMILES string of the molecule is c1ccc(-c2nc(-c3cccc(-n4c5ccccc5c5ccc6c7ccccc7n(-c7ccccc7)c6c54)c3)nc(N(c3ccccc3)c3ccccc3)n2)cc1. The Labute approximate surface area is 329 Å². The zero-order valence-electron chi connectivity index (χ0n) is 30.8. The lowest BCUT2D eigenvalue weighted by molar-refractivity contribution is 1.02. The Hall–Kier alpha value is -7.83. The molecular weight excluding hydrogens is 697 g/mol. The summed E-state index contributed by atoms with van der Waals surface area (Å²) >= 11 is 0. The van der Waals surface area contributed by atoms with Gasteiger partial charge in [0.2, 0.25) is 5.95 Å². The molecule has 0 amide bonds. The molecule has 11 rings (SSSR count). The first-order valence-corrected chi connectivity index (χ1v) is 19.1. The normalized spacial score (nSPS) is 11.5. The Balaban J connectivity index is 1.18. The molecule has 0 aliphatic rings. The first kappa shape index (κ1) is 32.6. The van der Waals surface area contributed by atoms with Gasteiger partial charge in [0.15, 0.2) is 11.6 Å². The van der Waals surface area contributed by atoms with Crippen molar-refractivity contribution in [2.24, 2.45) is 0 Å². The molecule has 0 atom stereocenters. The molecule has 6 nitrogen and oxygen atoms in total. The molecule has 8 aromatic carbocycles. The number of fused-ring (bicyclic) bond motifs is 7. The van der Waals surface area contributed by atoms with Gasteiger partial charge in [0.25, 0.3) is 0 Å². The van der Waals surface area contributed by atoms with Crippen LogP contribution in [0.25, 0.3) is 77.8 Å². The minimum absolute atomic E-state index is 0.535. The molecule has 57 heavy (non-hydrogen) atoms. The third kappa shape index (κ3) is 5.46. The van der Waals surface area contributed by atoms with E-state index in [0.717, 1.165) is 50.4 Å². The van der Waals surface area contributed by atoms with Crippen molar-refractivity contribution >= 4 is 60.9 Å². The van der Waals surface area contributed by atoms with E-state index in [1.807, 2.05) is 66.7 Å². The summed E-state index contributed by atoms with van der Waals surface area (Å²) in [7, 11) is 0. The fraction of sp³-hybridized carbons (Fsp3) is 0. The Morgan fingerprint density at radius 1 is 0.333 bits per heavy atom. The lowest BCUT2D eigenvalue weighted by Gasteiger charge is -2.24. The van der Waals surface area contributed by atoms with E-state index in [1.165, 1.54) is 27.1 Å². The molecule has 0 spiro atoms. The number of benzene rings is 8. The van der Waals surface area contributed by atoms with Crippen molar-refractivity contribution in [1.82, 2.24) is 24.1 Å². The average molecular weight is 731 g/mol. The molecule has 268 valence electrons. The van der Waals surface area contributed by atoms with Gasteiger partial charge in [-0.3, -0.25) is 4.90 Å². The molecule has 11 aromatic rings. The van der Waals surface area contributed by atoms with Crippen LogP contribution < -0.4 is 4.90 Å². The van der Waals surface area contributed by atoms with Crippen molar-refractivity contribution in [1.29, 1.82) is 0 Å². The standard InChI is InChI=1S/C51H34N6/c1-5-18-35(19-6-1)49-52-50(54-51(53-49)55(37-21-7-2-8-22-37)38-23-9-3-10-24-38)36-20-17-27-40(34-36)57-46-31-16-14-29-42(46)44-33-32-43-41-28-13-15-30-45(41)56(47(43)48(44)57)39-25-11-4-12-26-39/h1-34H. The molecule has 0 unspecified atom stereocenters. The monoisotopic (exact) mass is 730 g/mol. The maximum absolute atomic E-state index is 5.25. The van der Waals surface area contributed by atoms with Gasteiger partial charge < -0.3 is 9.13 Å². The topological polar surface area (TPSA) is 51.8 Å². The van der Waals surface area contributed by atoms with E-state index in [-0.39, 0.29) is 0 Å². The second-order valence-electron chi connectivity index (χ2n) is 14.1. The number of hydrogen-bond acceptors (Lipinski definition) is 4. The van der Waals surface area contributed by atoms with E-state index in [9.17, 15) is 0 Å². The Morgan fingerprint density at radius 2 is 0.772 bits per heavy atom. The number of para-hydroxylation sites is 5. The molecule has 0 N–H and O–H groups in total. The predicted octanol–water partition coefficient (Wildman–Crippen LogP) is 12.9. The highest BCUT2D eigenvalue weighted by atomic mass is 15.3. The fourth-order valence-corrected chi connectivity index (χ4v) is 8.24. The molecule has 3 heterocycles. The van der Waals surface area contributed by atoms with Gasteiger partial charge in [0, 0.05) is 55.4 Å². The highest BCUT2D eigenvalue weighted by Gasteiger charge is 2.23. The van der Waals surface area contributed by atoms with Gasteiger partial charge in [-0.15, -0.1) is 0 Å². The average Bonchev–Trinajstić information content (AvgIpc) is 3.81. The van der Waals surface area contributed by atoms with Gasteiger partial charge in [-0.25, -0.2) is 4.98 Å². The summed E-state index contributed by atoms with van der Waals surface area (Å²) in [5.74, 6) is 1.72. The molecule has 0 aliphatic carbocycles. The lowest BCUT2D eigenvalue weighted by atomic mass is 10.1. The van der Waals surface area contributed by atoms with Crippen LogP contribution >= 0.6 is 0 Å². The number of anilines is 3. The molecular formula is C51H34N6. The zero-order valence-corrected chi connectivity index (χ0v) is 30.8. The van der Waals surface area contributed by atoms with Gasteiger partial charge in [-0.05, 0) is 60.7 Å². The van der Waals surface area contributed by atoms with Crippen LogP contribution in [0.3, 0.4) is 0 Å².